The summed E-state index contributed by atoms with van der Waals surface area (Å²) in [6.07, 6.45) is 5.58. The van der Waals surface area contributed by atoms with Gasteiger partial charge >= 0.3 is 0 Å². The number of hydrogen-bond acceptors (Lipinski definition) is 6. The lowest BCUT2D eigenvalue weighted by atomic mass is 9.54. The molecule has 6 heteroatoms. The van der Waals surface area contributed by atoms with Crippen LogP contribution in [0.2, 0.25) is 0 Å². The van der Waals surface area contributed by atoms with Crippen molar-refractivity contribution >= 4 is 5.71 Å². The molecule has 0 spiro atoms. The molecule has 1 fully saturated rings. The smallest absolute Gasteiger partial charge is 0.189 e. The SMILES string of the molecule is CCOc1ccc(OCC)c([C@@H]2[C@H]3CCCCC=C3[C@@H](C#N)C(=N)C2(C#N)C#N)c1. The topological polar surface area (TPSA) is 114 Å². The molecule has 0 bridgehead atoms. The molecule has 1 N–H and O–H groups in total. The molecule has 1 aromatic rings. The van der Waals surface area contributed by atoms with E-state index in [2.05, 4.69) is 24.3 Å². The van der Waals surface area contributed by atoms with Crippen LogP contribution in [0.25, 0.3) is 0 Å². The molecule has 1 aromatic carbocycles. The molecule has 0 aliphatic heterocycles. The van der Waals surface area contributed by atoms with Gasteiger partial charge in [0.2, 0.25) is 0 Å². The monoisotopic (exact) mass is 402 g/mol. The van der Waals surface area contributed by atoms with Crippen molar-refractivity contribution in [3.8, 4) is 29.7 Å². The summed E-state index contributed by atoms with van der Waals surface area (Å²) in [5.41, 5.74) is -0.294. The molecule has 0 unspecified atom stereocenters. The van der Waals surface area contributed by atoms with Crippen molar-refractivity contribution in [1.29, 1.82) is 21.2 Å². The van der Waals surface area contributed by atoms with Crippen molar-refractivity contribution in [2.24, 2.45) is 17.3 Å². The fraction of sp³-hybridized carbons (Fsp3) is 0.500. The molecule has 0 saturated heterocycles. The molecule has 3 rings (SSSR count). The van der Waals surface area contributed by atoms with Crippen molar-refractivity contribution in [2.75, 3.05) is 13.2 Å². The lowest BCUT2D eigenvalue weighted by Gasteiger charge is -2.44. The first-order valence-electron chi connectivity index (χ1n) is 10.5. The summed E-state index contributed by atoms with van der Waals surface area (Å²) in [5, 5.41) is 39.0. The number of nitrogens with zero attached hydrogens (tertiary/aromatic N) is 3. The Hall–Kier alpha value is -3.30. The van der Waals surface area contributed by atoms with Crippen molar-refractivity contribution in [3.63, 3.8) is 0 Å². The molecule has 30 heavy (non-hydrogen) atoms. The van der Waals surface area contributed by atoms with Gasteiger partial charge in [-0.05, 0) is 62.8 Å². The van der Waals surface area contributed by atoms with Crippen LogP contribution in [0.3, 0.4) is 0 Å². The summed E-state index contributed by atoms with van der Waals surface area (Å²) in [6.45, 7) is 4.70. The second kappa shape index (κ2) is 9.02. The second-order valence-corrected chi connectivity index (χ2v) is 7.65. The molecule has 0 heterocycles. The largest absolute Gasteiger partial charge is 0.494 e. The van der Waals surface area contributed by atoms with E-state index in [9.17, 15) is 15.8 Å². The first kappa shape index (κ1) is 21.4. The number of allylic oxidation sites excluding steroid dienone is 2. The van der Waals surface area contributed by atoms with E-state index in [-0.39, 0.29) is 11.6 Å². The third kappa shape index (κ3) is 3.42. The molecule has 6 nitrogen and oxygen atoms in total. The zero-order valence-corrected chi connectivity index (χ0v) is 17.4. The van der Waals surface area contributed by atoms with E-state index in [1.165, 1.54) is 0 Å². The number of benzene rings is 1. The molecule has 0 amide bonds. The van der Waals surface area contributed by atoms with Crippen LogP contribution >= 0.6 is 0 Å². The van der Waals surface area contributed by atoms with Crippen LogP contribution in [-0.4, -0.2) is 18.9 Å². The Kier molecular flexibility index (Phi) is 6.43. The Morgan fingerprint density at radius 1 is 1.10 bits per heavy atom. The molecule has 0 radical (unpaired) electrons. The van der Waals surface area contributed by atoms with Gasteiger partial charge in [-0.15, -0.1) is 0 Å². The third-order valence-electron chi connectivity index (χ3n) is 6.10. The van der Waals surface area contributed by atoms with Crippen LogP contribution < -0.4 is 9.47 Å². The van der Waals surface area contributed by atoms with Gasteiger partial charge in [-0.2, -0.15) is 15.8 Å². The van der Waals surface area contributed by atoms with Gasteiger partial charge in [0.05, 0.1) is 37.1 Å². The minimum Gasteiger partial charge on any atom is -0.494 e. The summed E-state index contributed by atoms with van der Waals surface area (Å²) in [7, 11) is 0. The quantitative estimate of drug-likeness (QED) is 0.704. The van der Waals surface area contributed by atoms with Gasteiger partial charge in [0, 0.05) is 11.5 Å². The zero-order valence-electron chi connectivity index (χ0n) is 17.4. The van der Waals surface area contributed by atoms with Crippen LogP contribution in [-0.2, 0) is 0 Å². The molecule has 3 atom stereocenters. The first-order chi connectivity index (χ1) is 14.6. The van der Waals surface area contributed by atoms with Gasteiger partial charge in [-0.1, -0.05) is 12.5 Å². The predicted molar refractivity (Wildman–Crippen MR) is 112 cm³/mol. The minimum atomic E-state index is -1.73. The Morgan fingerprint density at radius 3 is 2.47 bits per heavy atom. The molecular formula is C24H26N4O2. The standard InChI is InChI=1S/C24H26N4O2/c1-3-29-16-10-11-21(30-4-2)19(12-16)22-18-9-7-5-6-8-17(18)20(13-25)23(28)24(22,14-26)15-27/h8,10-12,18,20,22,28H,3-7,9H2,1-2H3/t18-,20+,22-/m0/s1. The van der Waals surface area contributed by atoms with Crippen molar-refractivity contribution in [1.82, 2.24) is 0 Å². The van der Waals surface area contributed by atoms with Crippen LogP contribution in [0, 0.1) is 56.7 Å². The second-order valence-electron chi connectivity index (χ2n) is 7.65. The highest BCUT2D eigenvalue weighted by molar-refractivity contribution is 6.00. The van der Waals surface area contributed by atoms with Crippen molar-refractivity contribution < 1.29 is 9.47 Å². The number of nitrogens with one attached hydrogen (secondary N) is 1. The van der Waals surface area contributed by atoms with Crippen LogP contribution in [0.4, 0.5) is 0 Å². The average Bonchev–Trinajstić information content (AvgIpc) is 3.00. The number of ether oxygens (including phenoxy) is 2. The molecule has 1 saturated carbocycles. The van der Waals surface area contributed by atoms with Gasteiger partial charge in [0.1, 0.15) is 17.4 Å². The Balaban J connectivity index is 2.30. The normalized spacial score (nSPS) is 24.8. The lowest BCUT2D eigenvalue weighted by Crippen LogP contribution is -2.48. The zero-order chi connectivity index (χ0) is 21.7. The molecule has 154 valence electrons. The van der Waals surface area contributed by atoms with Gasteiger partial charge in [0.15, 0.2) is 5.41 Å². The molecule has 2 aliphatic rings. The maximum atomic E-state index is 10.2. The van der Waals surface area contributed by atoms with Crippen LogP contribution in [0.5, 0.6) is 11.5 Å². The Labute approximate surface area is 177 Å². The maximum absolute atomic E-state index is 10.2. The van der Waals surface area contributed by atoms with E-state index in [0.717, 1.165) is 31.3 Å². The van der Waals surface area contributed by atoms with E-state index in [0.29, 0.717) is 30.3 Å². The first-order valence-corrected chi connectivity index (χ1v) is 10.5. The lowest BCUT2D eigenvalue weighted by molar-refractivity contribution is 0.297. The van der Waals surface area contributed by atoms with E-state index in [1.807, 2.05) is 32.0 Å². The molecule has 2 aliphatic carbocycles. The fourth-order valence-corrected chi connectivity index (χ4v) is 4.84. The van der Waals surface area contributed by atoms with Gasteiger partial charge in [0.25, 0.3) is 0 Å². The van der Waals surface area contributed by atoms with E-state index in [1.54, 1.807) is 0 Å². The minimum absolute atomic E-state index is 0.131. The predicted octanol–water partition coefficient (Wildman–Crippen LogP) is 4.89. The van der Waals surface area contributed by atoms with Gasteiger partial charge in [-0.25, -0.2) is 0 Å². The third-order valence-corrected chi connectivity index (χ3v) is 6.10. The Morgan fingerprint density at radius 2 is 1.83 bits per heavy atom. The van der Waals surface area contributed by atoms with Crippen molar-refractivity contribution in [3.05, 3.63) is 35.4 Å². The molecular weight excluding hydrogens is 376 g/mol. The average molecular weight is 402 g/mol. The summed E-state index contributed by atoms with van der Waals surface area (Å²) in [4.78, 5) is 0. The van der Waals surface area contributed by atoms with Gasteiger partial charge in [-0.3, -0.25) is 0 Å². The van der Waals surface area contributed by atoms with E-state index in [4.69, 9.17) is 14.9 Å². The van der Waals surface area contributed by atoms with Crippen LogP contribution in [0.1, 0.15) is 51.0 Å². The number of nitriles is 3. The highest BCUT2D eigenvalue weighted by Crippen LogP contribution is 2.56. The summed E-state index contributed by atoms with van der Waals surface area (Å²) < 4.78 is 11.6. The summed E-state index contributed by atoms with van der Waals surface area (Å²) in [5.74, 6) is -0.395. The summed E-state index contributed by atoms with van der Waals surface area (Å²) in [6, 6.07) is 11.9. The number of rotatable bonds is 5. The highest BCUT2D eigenvalue weighted by Gasteiger charge is 2.57. The van der Waals surface area contributed by atoms with Crippen molar-refractivity contribution in [2.45, 2.75) is 45.4 Å². The highest BCUT2D eigenvalue weighted by atomic mass is 16.5. The van der Waals surface area contributed by atoms with E-state index < -0.39 is 17.3 Å². The fourth-order valence-electron chi connectivity index (χ4n) is 4.84. The Bertz CT molecular complexity index is 962. The van der Waals surface area contributed by atoms with Crippen LogP contribution in [0.15, 0.2) is 29.8 Å². The number of fused-ring (bicyclic) bond motifs is 1. The maximum Gasteiger partial charge on any atom is 0.189 e. The van der Waals surface area contributed by atoms with Gasteiger partial charge < -0.3 is 14.9 Å². The summed E-state index contributed by atoms with van der Waals surface area (Å²) >= 11 is 0. The molecule has 0 aromatic heterocycles. The number of hydrogen-bond donors (Lipinski definition) is 1. The van der Waals surface area contributed by atoms with E-state index >= 15 is 0 Å².